The summed E-state index contributed by atoms with van der Waals surface area (Å²) in [6.07, 6.45) is 5.89. The van der Waals surface area contributed by atoms with Gasteiger partial charge >= 0.3 is 12.3 Å². The molecule has 4 aromatic carbocycles. The summed E-state index contributed by atoms with van der Waals surface area (Å²) in [5, 5.41) is 46.1. The average molecular weight is 1160 g/mol. The molecule has 1 heterocycles. The molecule has 5 rings (SSSR count). The third-order valence-corrected chi connectivity index (χ3v) is 9.50. The monoisotopic (exact) mass is 1160 g/mol. The van der Waals surface area contributed by atoms with Crippen LogP contribution in [0, 0.1) is 40.5 Å². The highest BCUT2D eigenvalue weighted by Crippen LogP contribution is 2.40. The number of Topliss-reactive ketones (excluding diaryl/α,β-unsaturated/α-hetero) is 4. The molecule has 0 aliphatic carbocycles. The Labute approximate surface area is 472 Å². The summed E-state index contributed by atoms with van der Waals surface area (Å²) in [7, 11) is 0. The van der Waals surface area contributed by atoms with Crippen molar-refractivity contribution in [3.8, 4) is 0 Å². The van der Waals surface area contributed by atoms with E-state index in [1.807, 2.05) is 13.8 Å². The Morgan fingerprint density at radius 1 is 0.494 bits per heavy atom. The minimum absolute atomic E-state index is 0. The summed E-state index contributed by atoms with van der Waals surface area (Å²) in [6, 6.07) is 24.3. The minimum atomic E-state index is -0.580. The second-order valence-corrected chi connectivity index (χ2v) is 14.5. The van der Waals surface area contributed by atoms with E-state index in [0.29, 0.717) is 17.4 Å². The standard InChI is InChI=1S/C15H16N2O3.2C12H11NO4.C7H5NO3.2C2H3NO.2CO2.CH4.H3N.2H2O/c1-9-10(2)16-11(3)13(8-18)15(9)12-6-4-5-7-14(12)17(19)20;2*1-8(14)11(9(2)15)7-10-5-3-4-6-12(10)13(16)17;9-5-6-3-1-2-4-7(6)8(10)11;2*3-1-2-4;2*2-1-3;;;;/h4-8,15-16H,1-3H3;2*3-7H,1-2H3;1-5H;2*1H,3H2;;;1H4;1H3;2*1H2. The van der Waals surface area contributed by atoms with E-state index in [2.05, 4.69) is 16.8 Å². The van der Waals surface area contributed by atoms with E-state index in [1.165, 1.54) is 112 Å². The van der Waals surface area contributed by atoms with Gasteiger partial charge in [-0.3, -0.25) is 69.2 Å². The van der Waals surface area contributed by atoms with E-state index < -0.39 is 42.8 Å². The Balaban J connectivity index is -0.000000171. The fourth-order valence-electron chi connectivity index (χ4n) is 6.09. The van der Waals surface area contributed by atoms with Crippen molar-refractivity contribution in [2.45, 2.75) is 61.8 Å². The van der Waals surface area contributed by atoms with Crippen LogP contribution in [0.1, 0.15) is 88.9 Å². The number of nitro groups is 4. The second-order valence-electron chi connectivity index (χ2n) is 14.5. The molecule has 1 unspecified atom stereocenters. The molecular formula is C53H60N8O22. The Morgan fingerprint density at radius 3 is 1.01 bits per heavy atom. The predicted molar refractivity (Wildman–Crippen MR) is 297 cm³/mol. The maximum Gasteiger partial charge on any atom is 0.373 e. The zero-order valence-electron chi connectivity index (χ0n) is 44.6. The number of benzene rings is 4. The van der Waals surface area contributed by atoms with Crippen LogP contribution in [0.3, 0.4) is 0 Å². The first-order chi connectivity index (χ1) is 37.2. The van der Waals surface area contributed by atoms with E-state index in [9.17, 15) is 69.2 Å². The number of hydrogen-bond acceptors (Lipinski definition) is 24. The van der Waals surface area contributed by atoms with Crippen molar-refractivity contribution in [3.05, 3.63) is 206 Å². The molecule has 0 bridgehead atoms. The number of hydrogen-bond donors (Lipinski definition) is 4. The topological polar surface area (TPSA) is 539 Å². The highest BCUT2D eigenvalue weighted by Gasteiger charge is 2.31. The molecule has 0 aromatic heterocycles. The number of para-hydroxylation sites is 4. The Kier molecular flexibility index (Phi) is 48.9. The van der Waals surface area contributed by atoms with Crippen molar-refractivity contribution in [2.75, 3.05) is 0 Å². The molecule has 0 spiro atoms. The quantitative estimate of drug-likeness (QED) is 0.0250. The van der Waals surface area contributed by atoms with Crippen molar-refractivity contribution in [2.24, 2.45) is 11.5 Å². The van der Waals surface area contributed by atoms with Gasteiger partial charge in [0.25, 0.3) is 22.7 Å². The van der Waals surface area contributed by atoms with Gasteiger partial charge in [0.05, 0.1) is 59.9 Å². The maximum atomic E-state index is 11.4. The van der Waals surface area contributed by atoms with Crippen LogP contribution in [0.25, 0.3) is 12.2 Å². The van der Waals surface area contributed by atoms with Crippen LogP contribution in [-0.4, -0.2) is 90.5 Å². The summed E-state index contributed by atoms with van der Waals surface area (Å²) in [5.41, 5.74) is 12.8. The van der Waals surface area contributed by atoms with Gasteiger partial charge < -0.3 is 33.9 Å². The number of aldehydes is 2. The van der Waals surface area contributed by atoms with Gasteiger partial charge in [0, 0.05) is 52.7 Å². The maximum absolute atomic E-state index is 11.4. The van der Waals surface area contributed by atoms with Gasteiger partial charge in [-0.15, -0.1) is 0 Å². The number of nitrogens with one attached hydrogen (secondary N) is 1. The number of carbonyl (C=O) groups excluding carboxylic acids is 12. The lowest BCUT2D eigenvalue weighted by atomic mass is 9.81. The molecule has 1 aliphatic heterocycles. The third-order valence-electron chi connectivity index (χ3n) is 9.50. The molecule has 0 saturated heterocycles. The molecule has 30 heteroatoms. The lowest BCUT2D eigenvalue weighted by molar-refractivity contribution is -0.385. The van der Waals surface area contributed by atoms with Crippen LogP contribution in [0.5, 0.6) is 0 Å². The summed E-state index contributed by atoms with van der Waals surface area (Å²) < 4.78 is 0. The van der Waals surface area contributed by atoms with Crippen LogP contribution in [0.15, 0.2) is 143 Å². The first-order valence-electron chi connectivity index (χ1n) is 21.5. The van der Waals surface area contributed by atoms with Crippen LogP contribution in [0.2, 0.25) is 0 Å². The number of nitrogens with two attached hydrogens (primary N) is 2. The summed E-state index contributed by atoms with van der Waals surface area (Å²) in [5.74, 6) is 0.674. The number of carbonyl (C=O) groups is 6. The van der Waals surface area contributed by atoms with Gasteiger partial charge in [0.2, 0.25) is 0 Å². The highest BCUT2D eigenvalue weighted by atomic mass is 16.6. The minimum Gasteiger partial charge on any atom is -0.412 e. The van der Waals surface area contributed by atoms with Crippen LogP contribution in [0.4, 0.5) is 22.7 Å². The first kappa shape index (κ1) is 85.3. The number of allylic oxidation sites excluding steroid dienone is 6. The zero-order valence-corrected chi connectivity index (χ0v) is 44.6. The normalized spacial score (nSPS) is 10.2. The van der Waals surface area contributed by atoms with E-state index in [1.54, 1.807) is 43.3 Å². The van der Waals surface area contributed by atoms with Gasteiger partial charge in [-0.25, -0.2) is 9.59 Å². The van der Waals surface area contributed by atoms with Gasteiger partial charge in [-0.2, -0.15) is 19.2 Å². The van der Waals surface area contributed by atoms with Crippen molar-refractivity contribution in [1.29, 1.82) is 0 Å². The molecular weight excluding hydrogens is 1100 g/mol. The Hall–Kier alpha value is -11.6. The number of rotatable bonds is 13. The van der Waals surface area contributed by atoms with E-state index in [-0.39, 0.29) is 93.3 Å². The Bertz CT molecular complexity index is 3040. The molecule has 83 heavy (non-hydrogen) atoms. The molecule has 30 nitrogen and oxygen atoms in total. The van der Waals surface area contributed by atoms with Crippen molar-refractivity contribution in [1.82, 2.24) is 11.5 Å². The van der Waals surface area contributed by atoms with Crippen molar-refractivity contribution in [3.63, 3.8) is 0 Å². The smallest absolute Gasteiger partial charge is 0.373 e. The van der Waals surface area contributed by atoms with E-state index in [4.69, 9.17) is 28.8 Å². The molecule has 1 atom stereocenters. The number of ketones is 4. The molecule has 444 valence electrons. The van der Waals surface area contributed by atoms with Crippen LogP contribution in [-0.2, 0) is 52.7 Å². The molecule has 0 fully saturated rings. The molecule has 0 amide bonds. The summed E-state index contributed by atoms with van der Waals surface area (Å²) >= 11 is 0. The van der Waals surface area contributed by atoms with Crippen molar-refractivity contribution < 1.29 is 88.2 Å². The van der Waals surface area contributed by atoms with Gasteiger partial charge in [0.15, 0.2) is 29.4 Å². The molecule has 1 aliphatic rings. The zero-order chi connectivity index (χ0) is 61.4. The lowest BCUT2D eigenvalue weighted by Crippen LogP contribution is -2.24. The largest absolute Gasteiger partial charge is 0.412 e. The number of nitrogens with zero attached hydrogens (tertiary/aromatic N) is 4. The molecule has 12 N–H and O–H groups in total. The van der Waals surface area contributed by atoms with Crippen LogP contribution >= 0.6 is 0 Å². The van der Waals surface area contributed by atoms with Gasteiger partial charge in [-0.1, -0.05) is 62.0 Å². The van der Waals surface area contributed by atoms with Crippen LogP contribution < -0.4 is 22.9 Å². The second kappa shape index (κ2) is 47.6. The summed E-state index contributed by atoms with van der Waals surface area (Å²) in [4.78, 5) is 158. The van der Waals surface area contributed by atoms with Crippen molar-refractivity contribution >= 4 is 94.8 Å². The Morgan fingerprint density at radius 2 is 0.759 bits per heavy atom. The number of dihydropyridines is 1. The fourth-order valence-corrected chi connectivity index (χ4v) is 6.09. The van der Waals surface area contributed by atoms with E-state index in [0.717, 1.165) is 35.7 Å². The van der Waals surface area contributed by atoms with Gasteiger partial charge in [0.1, 0.15) is 18.2 Å². The number of nitro benzene ring substituents is 4. The molecule has 0 saturated carbocycles. The molecule has 0 radical (unpaired) electrons. The third kappa shape index (κ3) is 31.4. The van der Waals surface area contributed by atoms with E-state index >= 15 is 0 Å². The lowest BCUT2D eigenvalue weighted by Gasteiger charge is -2.28. The van der Waals surface area contributed by atoms with Gasteiger partial charge in [-0.05, 0) is 84.4 Å². The highest BCUT2D eigenvalue weighted by molar-refractivity contribution is 6.22. The average Bonchev–Trinajstić information content (AvgIpc) is 3.41. The summed E-state index contributed by atoms with van der Waals surface area (Å²) in [6.45, 7) is 10.6. The SMILES string of the molecule is C.CC(=O)C(=Cc1ccccc1[N+](=O)[O-])C(C)=O.CC(=O)C(=Cc1ccccc1[N+](=O)[O-])C(C)=O.CC1=C(C)C(c2ccccc2[N+](=O)[O-])C(C=O)=C(C)N1.N.NC=C=O.NC=C=O.O.O.O=C=O.O=C=O.O=Cc1ccccc1[N+](=O)[O-]. The first-order valence-corrected chi connectivity index (χ1v) is 21.5. The fraction of sp³-hybridized carbons (Fsp3) is 0.170. The predicted octanol–water partition coefficient (Wildman–Crippen LogP) is 5.33. The molecule has 4 aromatic rings.